The normalized spacial score (nSPS) is 19.6. The third-order valence-corrected chi connectivity index (χ3v) is 6.71. The van der Waals surface area contributed by atoms with Crippen molar-refractivity contribution >= 4 is 23.4 Å². The highest BCUT2D eigenvalue weighted by Gasteiger charge is 2.33. The van der Waals surface area contributed by atoms with Gasteiger partial charge in [0.2, 0.25) is 5.91 Å². The molecule has 0 aliphatic carbocycles. The molecule has 34 heavy (non-hydrogen) atoms. The molecule has 7 heteroatoms. The topological polar surface area (TPSA) is 80.0 Å². The Hall–Kier alpha value is -3.19. The average Bonchev–Trinajstić information content (AvgIpc) is 2.80. The van der Waals surface area contributed by atoms with Crippen molar-refractivity contribution in [3.8, 4) is 11.5 Å². The molecule has 0 radical (unpaired) electrons. The number of carbonyl (C=O) groups excluding carboxylic acids is 1. The molecule has 3 N–H and O–H groups in total. The van der Waals surface area contributed by atoms with Gasteiger partial charge in [-0.3, -0.25) is 9.79 Å². The van der Waals surface area contributed by atoms with Gasteiger partial charge in [0.15, 0.2) is 0 Å². The smallest absolute Gasteiger partial charge is 0.230 e. The van der Waals surface area contributed by atoms with Gasteiger partial charge in [0, 0.05) is 60.2 Å². The molecule has 2 aliphatic rings. The molecule has 2 atom stereocenters. The van der Waals surface area contributed by atoms with E-state index in [4.69, 9.17) is 10.5 Å². The number of nitrogens with zero attached hydrogens (tertiary/aromatic N) is 2. The van der Waals surface area contributed by atoms with Crippen molar-refractivity contribution in [1.29, 1.82) is 0 Å². The lowest BCUT2D eigenvalue weighted by atomic mass is 9.90. The minimum Gasteiger partial charge on any atom is -0.456 e. The van der Waals surface area contributed by atoms with E-state index >= 15 is 0 Å². The Morgan fingerprint density at radius 3 is 2.79 bits per heavy atom. The fourth-order valence-corrected chi connectivity index (χ4v) is 4.31. The van der Waals surface area contributed by atoms with Crippen molar-refractivity contribution in [2.24, 2.45) is 16.6 Å². The maximum atomic E-state index is 13.9. The van der Waals surface area contributed by atoms with E-state index in [1.54, 1.807) is 18.3 Å². The van der Waals surface area contributed by atoms with Crippen molar-refractivity contribution in [2.45, 2.75) is 52.1 Å². The summed E-state index contributed by atoms with van der Waals surface area (Å²) in [6.07, 6.45) is 5.61. The van der Waals surface area contributed by atoms with Crippen LogP contribution in [0.3, 0.4) is 0 Å². The minimum atomic E-state index is -0.375. The lowest BCUT2D eigenvalue weighted by Crippen LogP contribution is -2.45. The summed E-state index contributed by atoms with van der Waals surface area (Å²) in [6, 6.07) is 10.3. The number of allylic oxidation sites excluding steroid dienone is 1. The van der Waals surface area contributed by atoms with Crippen LogP contribution in [0.5, 0.6) is 11.5 Å². The summed E-state index contributed by atoms with van der Waals surface area (Å²) in [7, 11) is 0. The van der Waals surface area contributed by atoms with Gasteiger partial charge in [0.05, 0.1) is 11.7 Å². The average molecular weight is 465 g/mol. The van der Waals surface area contributed by atoms with Gasteiger partial charge < -0.3 is 20.7 Å². The van der Waals surface area contributed by atoms with Crippen molar-refractivity contribution in [1.82, 2.24) is 5.32 Å². The second-order valence-electron chi connectivity index (χ2n) is 9.12. The number of aliphatic imine (C=N–C) groups is 1. The third-order valence-electron chi connectivity index (χ3n) is 6.71. The van der Waals surface area contributed by atoms with Gasteiger partial charge in [0.1, 0.15) is 17.3 Å². The van der Waals surface area contributed by atoms with Crippen LogP contribution in [0.25, 0.3) is 5.57 Å². The van der Waals surface area contributed by atoms with Gasteiger partial charge in [-0.25, -0.2) is 4.39 Å². The van der Waals surface area contributed by atoms with Crippen LogP contribution in [0.1, 0.15) is 44.7 Å². The van der Waals surface area contributed by atoms with Crippen molar-refractivity contribution in [3.63, 3.8) is 0 Å². The standard InChI is InChI=1S/C27H33FN4O2/c1-4-17(2)27(33)32-18(3)8-9-24-25(32)11-10-23(19(13-29)14-31-21-15-30-16-21)26(24)34-22-7-5-6-20(28)12-22/h5-7,10-14,17-18,21,30H,4,8-9,15-16,29H2,1-3H3. The summed E-state index contributed by atoms with van der Waals surface area (Å²) in [4.78, 5) is 19.8. The fourth-order valence-electron chi connectivity index (χ4n) is 4.31. The minimum absolute atomic E-state index is 0.0802. The third kappa shape index (κ3) is 4.85. The predicted octanol–water partition coefficient (Wildman–Crippen LogP) is 4.67. The van der Waals surface area contributed by atoms with Crippen LogP contribution in [0.15, 0.2) is 47.6 Å². The Morgan fingerprint density at radius 1 is 1.35 bits per heavy atom. The molecule has 0 aromatic heterocycles. The predicted molar refractivity (Wildman–Crippen MR) is 135 cm³/mol. The molecule has 2 aromatic carbocycles. The van der Waals surface area contributed by atoms with Gasteiger partial charge >= 0.3 is 0 Å². The van der Waals surface area contributed by atoms with Gasteiger partial charge in [-0.15, -0.1) is 0 Å². The second-order valence-corrected chi connectivity index (χ2v) is 9.12. The maximum absolute atomic E-state index is 13.9. The van der Waals surface area contributed by atoms with Gasteiger partial charge in [0.25, 0.3) is 0 Å². The quantitative estimate of drug-likeness (QED) is 0.584. The number of hydrogen-bond acceptors (Lipinski definition) is 5. The molecule has 2 aromatic rings. The summed E-state index contributed by atoms with van der Waals surface area (Å²) >= 11 is 0. The Bertz CT molecular complexity index is 1110. The fraction of sp³-hybridized carbons (Fsp3) is 0.407. The number of benzene rings is 2. The number of carbonyl (C=O) groups is 1. The highest BCUT2D eigenvalue weighted by molar-refractivity contribution is 6.11. The van der Waals surface area contributed by atoms with E-state index in [-0.39, 0.29) is 29.7 Å². The van der Waals surface area contributed by atoms with Crippen LogP contribution in [0.4, 0.5) is 10.1 Å². The van der Waals surface area contributed by atoms with Crippen LogP contribution in [-0.2, 0) is 11.2 Å². The number of ether oxygens (including phenoxy) is 1. The molecule has 2 heterocycles. The number of nitrogens with one attached hydrogen (secondary N) is 1. The first-order valence-corrected chi connectivity index (χ1v) is 12.0. The molecule has 0 spiro atoms. The SMILES string of the molecule is CCC(C)C(=O)N1c2ccc(C(C=NC3CNC3)=CN)c(Oc3cccc(F)c3)c2CCC1C. The van der Waals surface area contributed by atoms with Crippen LogP contribution >= 0.6 is 0 Å². The molecule has 0 saturated carbocycles. The lowest BCUT2D eigenvalue weighted by Gasteiger charge is -2.38. The highest BCUT2D eigenvalue weighted by atomic mass is 19.1. The molecule has 2 aliphatic heterocycles. The number of halogens is 1. The van der Waals surface area contributed by atoms with Crippen LogP contribution in [0, 0.1) is 11.7 Å². The monoisotopic (exact) mass is 464 g/mol. The Kier molecular flexibility index (Phi) is 7.32. The van der Waals surface area contributed by atoms with E-state index in [0.29, 0.717) is 11.5 Å². The number of rotatable bonds is 7. The molecule has 2 unspecified atom stereocenters. The van der Waals surface area contributed by atoms with E-state index < -0.39 is 0 Å². The first-order chi connectivity index (χ1) is 16.4. The van der Waals surface area contributed by atoms with E-state index in [0.717, 1.165) is 54.7 Å². The van der Waals surface area contributed by atoms with Gasteiger partial charge in [-0.2, -0.15) is 0 Å². The number of fused-ring (bicyclic) bond motifs is 1. The first-order valence-electron chi connectivity index (χ1n) is 12.0. The lowest BCUT2D eigenvalue weighted by molar-refractivity contribution is -0.122. The molecule has 1 amide bonds. The maximum Gasteiger partial charge on any atom is 0.230 e. The molecule has 1 fully saturated rings. The number of anilines is 1. The number of hydrogen-bond donors (Lipinski definition) is 2. The van der Waals surface area contributed by atoms with E-state index in [1.165, 1.54) is 18.3 Å². The molecule has 180 valence electrons. The Morgan fingerprint density at radius 2 is 2.15 bits per heavy atom. The second kappa shape index (κ2) is 10.4. The zero-order chi connectivity index (χ0) is 24.2. The van der Waals surface area contributed by atoms with Crippen LogP contribution in [0.2, 0.25) is 0 Å². The molecule has 0 bridgehead atoms. The van der Waals surface area contributed by atoms with Gasteiger partial charge in [-0.1, -0.05) is 19.9 Å². The Balaban J connectivity index is 1.82. The molecular weight excluding hydrogens is 431 g/mol. The van der Waals surface area contributed by atoms with Crippen LogP contribution in [-0.4, -0.2) is 37.3 Å². The van der Waals surface area contributed by atoms with Gasteiger partial charge in [-0.05, 0) is 50.5 Å². The summed E-state index contributed by atoms with van der Waals surface area (Å²) in [5.41, 5.74) is 9.28. The number of nitrogens with two attached hydrogens (primary N) is 1. The summed E-state index contributed by atoms with van der Waals surface area (Å²) in [5, 5.41) is 3.20. The largest absolute Gasteiger partial charge is 0.456 e. The number of amides is 1. The van der Waals surface area contributed by atoms with E-state index in [9.17, 15) is 9.18 Å². The van der Waals surface area contributed by atoms with Crippen LogP contribution < -0.4 is 20.7 Å². The van der Waals surface area contributed by atoms with Crippen molar-refractivity contribution in [2.75, 3.05) is 18.0 Å². The van der Waals surface area contributed by atoms with Crippen molar-refractivity contribution in [3.05, 3.63) is 59.5 Å². The highest BCUT2D eigenvalue weighted by Crippen LogP contribution is 2.43. The summed E-state index contributed by atoms with van der Waals surface area (Å²) < 4.78 is 20.3. The first kappa shape index (κ1) is 24.0. The molecule has 4 rings (SSSR count). The molecule has 1 saturated heterocycles. The molecule has 6 nitrogen and oxygen atoms in total. The summed E-state index contributed by atoms with van der Waals surface area (Å²) in [6.45, 7) is 7.75. The molecular formula is C27H33FN4O2. The Labute approximate surface area is 200 Å². The van der Waals surface area contributed by atoms with E-state index in [1.807, 2.05) is 30.9 Å². The summed E-state index contributed by atoms with van der Waals surface area (Å²) in [5.74, 6) is 0.633. The zero-order valence-electron chi connectivity index (χ0n) is 20.1. The van der Waals surface area contributed by atoms with E-state index in [2.05, 4.69) is 17.2 Å². The van der Waals surface area contributed by atoms with Crippen molar-refractivity contribution < 1.29 is 13.9 Å². The zero-order valence-corrected chi connectivity index (χ0v) is 20.1.